The van der Waals surface area contributed by atoms with E-state index < -0.39 is 0 Å². The molecular formula is C21H17Cl3N2O2S. The summed E-state index contributed by atoms with van der Waals surface area (Å²) >= 11 is 20.0. The zero-order valence-corrected chi connectivity index (χ0v) is 18.6. The van der Waals surface area contributed by atoms with E-state index in [1.54, 1.807) is 30.3 Å². The molecule has 0 unspecified atom stereocenters. The van der Waals surface area contributed by atoms with Crippen molar-refractivity contribution < 1.29 is 9.59 Å². The molecule has 1 N–H and O–H groups in total. The van der Waals surface area contributed by atoms with Gasteiger partial charge in [-0.3, -0.25) is 9.59 Å². The van der Waals surface area contributed by atoms with Gasteiger partial charge < -0.3 is 10.2 Å². The fourth-order valence-electron chi connectivity index (χ4n) is 3.53. The third-order valence-electron chi connectivity index (χ3n) is 5.06. The Morgan fingerprint density at radius 2 is 1.83 bits per heavy atom. The van der Waals surface area contributed by atoms with Crippen molar-refractivity contribution >= 4 is 73.7 Å². The average molecular weight is 468 g/mol. The minimum absolute atomic E-state index is 0.00239. The summed E-state index contributed by atoms with van der Waals surface area (Å²) in [7, 11) is 0. The predicted molar refractivity (Wildman–Crippen MR) is 121 cm³/mol. The number of likely N-dealkylation sites (tertiary alicyclic amines) is 1. The van der Waals surface area contributed by atoms with Crippen LogP contribution in [0.5, 0.6) is 0 Å². The summed E-state index contributed by atoms with van der Waals surface area (Å²) in [4.78, 5) is 27.9. The quantitative estimate of drug-likeness (QED) is 0.468. The molecule has 0 saturated carbocycles. The number of thiophene rings is 1. The fourth-order valence-corrected chi connectivity index (χ4v) is 5.80. The monoisotopic (exact) mass is 466 g/mol. The van der Waals surface area contributed by atoms with Gasteiger partial charge in [-0.05, 0) is 49.6 Å². The van der Waals surface area contributed by atoms with Crippen LogP contribution in [0.25, 0.3) is 10.1 Å². The number of amides is 2. The highest BCUT2D eigenvalue weighted by Crippen LogP contribution is 2.41. The minimum atomic E-state index is -0.350. The van der Waals surface area contributed by atoms with Crippen LogP contribution in [0.1, 0.15) is 38.4 Å². The van der Waals surface area contributed by atoms with E-state index >= 15 is 0 Å². The van der Waals surface area contributed by atoms with Gasteiger partial charge in [0, 0.05) is 39.4 Å². The van der Waals surface area contributed by atoms with E-state index in [0.717, 1.165) is 36.2 Å². The number of anilines is 1. The van der Waals surface area contributed by atoms with Crippen molar-refractivity contribution in [3.05, 3.63) is 61.4 Å². The first-order valence-corrected chi connectivity index (χ1v) is 11.1. The Kier molecular flexibility index (Phi) is 5.76. The van der Waals surface area contributed by atoms with E-state index in [0.29, 0.717) is 36.6 Å². The van der Waals surface area contributed by atoms with Crippen LogP contribution in [0, 0.1) is 6.92 Å². The number of hydrogen-bond donors (Lipinski definition) is 1. The molecule has 4 rings (SSSR count). The third-order valence-corrected chi connectivity index (χ3v) is 7.20. The molecular weight excluding hydrogens is 451 g/mol. The molecule has 2 heterocycles. The Balaban J connectivity index is 1.65. The van der Waals surface area contributed by atoms with Crippen LogP contribution in [0.2, 0.25) is 15.1 Å². The molecule has 0 atom stereocenters. The molecule has 1 aromatic heterocycles. The molecule has 150 valence electrons. The second kappa shape index (κ2) is 8.15. The summed E-state index contributed by atoms with van der Waals surface area (Å²) in [6.07, 6.45) is 2.05. The maximum Gasteiger partial charge on any atom is 0.267 e. The highest BCUT2D eigenvalue weighted by atomic mass is 35.5. The molecule has 0 bridgehead atoms. The van der Waals surface area contributed by atoms with Crippen molar-refractivity contribution in [2.45, 2.75) is 19.8 Å². The normalized spacial score (nSPS) is 13.9. The van der Waals surface area contributed by atoms with Crippen LogP contribution >= 0.6 is 46.1 Å². The molecule has 8 heteroatoms. The van der Waals surface area contributed by atoms with E-state index in [1.807, 2.05) is 11.8 Å². The zero-order chi connectivity index (χ0) is 20.7. The highest BCUT2D eigenvalue weighted by Gasteiger charge is 2.23. The van der Waals surface area contributed by atoms with Crippen LogP contribution in [-0.4, -0.2) is 29.8 Å². The standard InChI is InChI=1S/C21H17Cl3N2O2S/c1-11-13(21(28)26-7-2-3-8-26)5-4-6-15(11)25-20(27)19-18(24)17-14(23)9-12(22)10-16(17)29-19/h4-6,9-10H,2-3,7-8H2,1H3,(H,25,27). The van der Waals surface area contributed by atoms with Crippen LogP contribution in [-0.2, 0) is 0 Å². The minimum Gasteiger partial charge on any atom is -0.339 e. The first-order chi connectivity index (χ1) is 13.9. The van der Waals surface area contributed by atoms with Crippen LogP contribution < -0.4 is 5.32 Å². The van der Waals surface area contributed by atoms with Crippen LogP contribution in [0.15, 0.2) is 30.3 Å². The van der Waals surface area contributed by atoms with Gasteiger partial charge in [0.05, 0.1) is 10.0 Å². The maximum atomic E-state index is 12.9. The Morgan fingerprint density at radius 1 is 1.10 bits per heavy atom. The van der Waals surface area contributed by atoms with Gasteiger partial charge in [-0.15, -0.1) is 11.3 Å². The van der Waals surface area contributed by atoms with Crippen molar-refractivity contribution in [2.24, 2.45) is 0 Å². The van der Waals surface area contributed by atoms with Gasteiger partial charge in [0.1, 0.15) is 4.88 Å². The number of nitrogens with zero attached hydrogens (tertiary/aromatic N) is 1. The van der Waals surface area contributed by atoms with Crippen molar-refractivity contribution in [1.29, 1.82) is 0 Å². The van der Waals surface area contributed by atoms with Gasteiger partial charge in [0.2, 0.25) is 0 Å². The maximum absolute atomic E-state index is 12.9. The molecule has 0 radical (unpaired) electrons. The van der Waals surface area contributed by atoms with Gasteiger partial charge in [0.15, 0.2) is 0 Å². The predicted octanol–water partition coefficient (Wildman–Crippen LogP) is 6.66. The van der Waals surface area contributed by atoms with Gasteiger partial charge in [-0.2, -0.15) is 0 Å². The van der Waals surface area contributed by atoms with E-state index in [-0.39, 0.29) is 11.8 Å². The number of halogens is 3. The number of carbonyl (C=O) groups excluding carboxylic acids is 2. The molecule has 1 fully saturated rings. The second-order valence-corrected chi connectivity index (χ2v) is 9.21. The first-order valence-electron chi connectivity index (χ1n) is 9.14. The molecule has 1 aliphatic heterocycles. The molecule has 0 spiro atoms. The average Bonchev–Trinajstić information content (AvgIpc) is 3.31. The molecule has 1 aliphatic rings. The third kappa shape index (κ3) is 3.84. The molecule has 1 saturated heterocycles. The van der Waals surface area contributed by atoms with Crippen LogP contribution in [0.3, 0.4) is 0 Å². The summed E-state index contributed by atoms with van der Waals surface area (Å²) in [5, 5.41) is 4.69. The Hall–Kier alpha value is -1.79. The van der Waals surface area contributed by atoms with E-state index in [1.165, 1.54) is 11.3 Å². The molecule has 29 heavy (non-hydrogen) atoms. The number of fused-ring (bicyclic) bond motifs is 1. The number of hydrogen-bond acceptors (Lipinski definition) is 3. The fraction of sp³-hybridized carbons (Fsp3) is 0.238. The summed E-state index contributed by atoms with van der Waals surface area (Å²) in [6.45, 7) is 3.38. The summed E-state index contributed by atoms with van der Waals surface area (Å²) < 4.78 is 0.743. The van der Waals surface area contributed by atoms with Gasteiger partial charge >= 0.3 is 0 Å². The molecule has 2 amide bonds. The van der Waals surface area contributed by atoms with Crippen molar-refractivity contribution in [3.63, 3.8) is 0 Å². The zero-order valence-electron chi connectivity index (χ0n) is 15.5. The number of rotatable bonds is 3. The number of benzene rings is 2. The lowest BCUT2D eigenvalue weighted by Crippen LogP contribution is -2.28. The van der Waals surface area contributed by atoms with E-state index in [4.69, 9.17) is 34.8 Å². The lowest BCUT2D eigenvalue weighted by atomic mass is 10.1. The first kappa shape index (κ1) is 20.5. The molecule has 0 aliphatic carbocycles. The van der Waals surface area contributed by atoms with Crippen molar-refractivity contribution in [2.75, 3.05) is 18.4 Å². The second-order valence-electron chi connectivity index (χ2n) is 6.94. The van der Waals surface area contributed by atoms with Gasteiger partial charge in [-0.25, -0.2) is 0 Å². The Labute approximate surface area is 187 Å². The SMILES string of the molecule is Cc1c(NC(=O)c2sc3cc(Cl)cc(Cl)c3c2Cl)cccc1C(=O)N1CCCC1. The van der Waals surface area contributed by atoms with Crippen molar-refractivity contribution in [3.8, 4) is 0 Å². The largest absolute Gasteiger partial charge is 0.339 e. The highest BCUT2D eigenvalue weighted by molar-refractivity contribution is 7.21. The topological polar surface area (TPSA) is 49.4 Å². The smallest absolute Gasteiger partial charge is 0.267 e. The van der Waals surface area contributed by atoms with Gasteiger partial charge in [0.25, 0.3) is 11.8 Å². The molecule has 3 aromatic rings. The Bertz CT molecular complexity index is 1140. The van der Waals surface area contributed by atoms with Gasteiger partial charge in [-0.1, -0.05) is 40.9 Å². The number of nitrogens with one attached hydrogen (secondary N) is 1. The Morgan fingerprint density at radius 3 is 2.55 bits per heavy atom. The van der Waals surface area contributed by atoms with Crippen molar-refractivity contribution in [1.82, 2.24) is 4.90 Å². The summed E-state index contributed by atoms with van der Waals surface area (Å²) in [5.74, 6) is -0.352. The van der Waals surface area contributed by atoms with E-state index in [9.17, 15) is 9.59 Å². The van der Waals surface area contributed by atoms with E-state index in [2.05, 4.69) is 5.32 Å². The summed E-state index contributed by atoms with van der Waals surface area (Å²) in [6, 6.07) is 8.67. The van der Waals surface area contributed by atoms with Crippen LogP contribution in [0.4, 0.5) is 5.69 Å². The lowest BCUT2D eigenvalue weighted by Gasteiger charge is -2.18. The summed E-state index contributed by atoms with van der Waals surface area (Å²) in [5.41, 5.74) is 1.91. The lowest BCUT2D eigenvalue weighted by molar-refractivity contribution is 0.0791. The molecule has 2 aromatic carbocycles. The number of carbonyl (C=O) groups is 2. The molecule has 4 nitrogen and oxygen atoms in total.